The Morgan fingerprint density at radius 2 is 2.00 bits per heavy atom. The van der Waals surface area contributed by atoms with Crippen molar-refractivity contribution in [2.24, 2.45) is 0 Å². The molecule has 1 fully saturated rings. The second-order valence-electron chi connectivity index (χ2n) is 6.80. The van der Waals surface area contributed by atoms with Crippen LogP contribution < -0.4 is 10.9 Å². The zero-order valence-corrected chi connectivity index (χ0v) is 14.3. The van der Waals surface area contributed by atoms with Crippen LogP contribution in [0.2, 0.25) is 0 Å². The van der Waals surface area contributed by atoms with Gasteiger partial charge in [0, 0.05) is 29.2 Å². The molecule has 1 aliphatic carbocycles. The molecule has 1 atom stereocenters. The highest BCUT2D eigenvalue weighted by molar-refractivity contribution is 7.71. The largest absolute Gasteiger partial charge is 0.494 e. The molecule has 3 aromatic rings. The number of nitrogens with zero attached hydrogens (tertiary/aromatic N) is 1. The summed E-state index contributed by atoms with van der Waals surface area (Å²) in [5, 5.41) is 15.4. The third-order valence-corrected chi connectivity index (χ3v) is 5.51. The number of aromatic nitrogens is 3. The van der Waals surface area contributed by atoms with Crippen LogP contribution in [0.5, 0.6) is 5.88 Å². The summed E-state index contributed by atoms with van der Waals surface area (Å²) in [6.45, 7) is 0.747. The molecule has 3 heterocycles. The average Bonchev–Trinajstić information content (AvgIpc) is 3.34. The molecule has 6 nitrogen and oxygen atoms in total. The van der Waals surface area contributed by atoms with E-state index in [0.717, 1.165) is 37.0 Å². The van der Waals surface area contributed by atoms with Gasteiger partial charge in [0.15, 0.2) is 4.77 Å². The lowest BCUT2D eigenvalue weighted by molar-refractivity contribution is 0.387. The molecule has 0 saturated heterocycles. The zero-order valence-electron chi connectivity index (χ0n) is 13.5. The lowest BCUT2D eigenvalue weighted by Crippen LogP contribution is -2.35. The zero-order chi connectivity index (χ0) is 17.1. The molecule has 1 unspecified atom stereocenters. The maximum atomic E-state index is 12.6. The summed E-state index contributed by atoms with van der Waals surface area (Å²) in [4.78, 5) is 18.8. The van der Waals surface area contributed by atoms with E-state index in [9.17, 15) is 9.90 Å². The minimum Gasteiger partial charge on any atom is -0.494 e. The first-order valence-corrected chi connectivity index (χ1v) is 8.96. The molecule has 128 valence electrons. The molecule has 1 aromatic carbocycles. The monoisotopic (exact) mass is 354 g/mol. The van der Waals surface area contributed by atoms with E-state index in [1.54, 1.807) is 4.57 Å². The Labute approximate surface area is 148 Å². The van der Waals surface area contributed by atoms with Crippen molar-refractivity contribution >= 4 is 23.1 Å². The standard InChI is InChI=1S/C18H18N4O2S/c23-16-13(17(24)22(9-5-6-9)18(25)21-16)15-14-11(7-8-19-15)10-3-1-2-4-12(10)20-14/h1-4,9,15,19-20,24H,5-8H2,(H,21,23,25). The summed E-state index contributed by atoms with van der Waals surface area (Å²) in [5.74, 6) is -0.0137. The van der Waals surface area contributed by atoms with Crippen LogP contribution in [-0.2, 0) is 6.42 Å². The van der Waals surface area contributed by atoms with Crippen molar-refractivity contribution < 1.29 is 5.11 Å². The number of nitrogens with one attached hydrogen (secondary N) is 3. The second-order valence-corrected chi connectivity index (χ2v) is 7.18. The number of aromatic hydroxyl groups is 1. The minimum atomic E-state index is -0.375. The number of hydrogen-bond donors (Lipinski definition) is 4. The molecule has 25 heavy (non-hydrogen) atoms. The maximum Gasteiger partial charge on any atom is 0.260 e. The lowest BCUT2D eigenvalue weighted by atomic mass is 9.95. The van der Waals surface area contributed by atoms with Gasteiger partial charge in [-0.25, -0.2) is 0 Å². The van der Waals surface area contributed by atoms with Crippen LogP contribution in [0.1, 0.15) is 41.7 Å². The van der Waals surface area contributed by atoms with Crippen molar-refractivity contribution in [2.45, 2.75) is 31.3 Å². The van der Waals surface area contributed by atoms with Crippen LogP contribution >= 0.6 is 12.2 Å². The SMILES string of the molecule is O=c1[nH]c(=S)n(C2CC2)c(O)c1C1NCCc2c1[nH]c1ccccc21. The Morgan fingerprint density at radius 1 is 1.20 bits per heavy atom. The molecule has 5 rings (SSSR count). The first-order valence-electron chi connectivity index (χ1n) is 8.55. The molecule has 1 aliphatic heterocycles. The smallest absolute Gasteiger partial charge is 0.260 e. The van der Waals surface area contributed by atoms with Gasteiger partial charge in [0.05, 0.1) is 6.04 Å². The van der Waals surface area contributed by atoms with E-state index in [1.165, 1.54) is 10.9 Å². The van der Waals surface area contributed by atoms with Gasteiger partial charge in [-0.15, -0.1) is 0 Å². The van der Waals surface area contributed by atoms with Crippen LogP contribution in [-0.4, -0.2) is 26.2 Å². The Morgan fingerprint density at radius 3 is 2.80 bits per heavy atom. The van der Waals surface area contributed by atoms with Crippen molar-refractivity contribution in [2.75, 3.05) is 6.54 Å². The van der Waals surface area contributed by atoms with Crippen LogP contribution in [0.25, 0.3) is 10.9 Å². The van der Waals surface area contributed by atoms with E-state index in [4.69, 9.17) is 12.2 Å². The molecule has 2 aromatic heterocycles. The number of aromatic amines is 2. The van der Waals surface area contributed by atoms with Gasteiger partial charge < -0.3 is 15.4 Å². The Bertz CT molecular complexity index is 1110. The van der Waals surface area contributed by atoms with Crippen molar-refractivity contribution in [3.63, 3.8) is 0 Å². The van der Waals surface area contributed by atoms with E-state index in [2.05, 4.69) is 21.4 Å². The Balaban J connectivity index is 1.75. The highest BCUT2D eigenvalue weighted by Gasteiger charge is 2.33. The molecular formula is C18H18N4O2S. The third-order valence-electron chi connectivity index (χ3n) is 5.21. The van der Waals surface area contributed by atoms with Crippen LogP contribution in [0.4, 0.5) is 0 Å². The summed E-state index contributed by atoms with van der Waals surface area (Å²) in [5.41, 5.74) is 3.22. The number of H-pyrrole nitrogens is 2. The number of hydrogen-bond acceptors (Lipinski definition) is 4. The van der Waals surface area contributed by atoms with Gasteiger partial charge in [-0.2, -0.15) is 0 Å². The first-order chi connectivity index (χ1) is 12.1. The molecule has 0 bridgehead atoms. The minimum absolute atomic E-state index is 0.0137. The number of para-hydroxylation sites is 1. The van der Waals surface area contributed by atoms with Gasteiger partial charge in [0.1, 0.15) is 5.56 Å². The second kappa shape index (κ2) is 5.31. The number of benzene rings is 1. The molecule has 2 aliphatic rings. The maximum absolute atomic E-state index is 12.6. The molecule has 0 radical (unpaired) electrons. The van der Waals surface area contributed by atoms with E-state index < -0.39 is 0 Å². The normalized spacial score (nSPS) is 19.9. The quantitative estimate of drug-likeness (QED) is 0.533. The molecule has 0 spiro atoms. The number of fused-ring (bicyclic) bond motifs is 3. The summed E-state index contributed by atoms with van der Waals surface area (Å²) < 4.78 is 1.98. The predicted molar refractivity (Wildman–Crippen MR) is 97.7 cm³/mol. The van der Waals surface area contributed by atoms with Crippen molar-refractivity contribution in [1.82, 2.24) is 19.9 Å². The summed E-state index contributed by atoms with van der Waals surface area (Å²) in [7, 11) is 0. The summed E-state index contributed by atoms with van der Waals surface area (Å²) in [6.07, 6.45) is 2.84. The van der Waals surface area contributed by atoms with Gasteiger partial charge in [-0.3, -0.25) is 14.3 Å². The van der Waals surface area contributed by atoms with Crippen LogP contribution in [0, 0.1) is 4.77 Å². The molecule has 1 saturated carbocycles. The molecule has 4 N–H and O–H groups in total. The van der Waals surface area contributed by atoms with Gasteiger partial charge in [-0.05, 0) is 43.1 Å². The van der Waals surface area contributed by atoms with Crippen molar-refractivity contribution in [3.05, 3.63) is 56.2 Å². The molecule has 7 heteroatoms. The van der Waals surface area contributed by atoms with Gasteiger partial charge in [0.2, 0.25) is 5.88 Å². The highest BCUT2D eigenvalue weighted by atomic mass is 32.1. The van der Waals surface area contributed by atoms with Gasteiger partial charge in [-0.1, -0.05) is 18.2 Å². The summed E-state index contributed by atoms with van der Waals surface area (Å²) >= 11 is 5.25. The highest BCUT2D eigenvalue weighted by Crippen LogP contribution is 2.41. The predicted octanol–water partition coefficient (Wildman–Crippen LogP) is 2.66. The van der Waals surface area contributed by atoms with E-state index in [1.807, 2.05) is 18.2 Å². The lowest BCUT2D eigenvalue weighted by Gasteiger charge is -2.25. The fraction of sp³-hybridized carbons (Fsp3) is 0.333. The Kier molecular flexibility index (Phi) is 3.17. The van der Waals surface area contributed by atoms with E-state index in [0.29, 0.717) is 10.3 Å². The molecular weight excluding hydrogens is 336 g/mol. The van der Waals surface area contributed by atoms with E-state index >= 15 is 0 Å². The van der Waals surface area contributed by atoms with Crippen LogP contribution in [0.15, 0.2) is 29.1 Å². The Hall–Kier alpha value is -2.38. The van der Waals surface area contributed by atoms with Gasteiger partial charge >= 0.3 is 0 Å². The first kappa shape index (κ1) is 14.9. The van der Waals surface area contributed by atoms with Crippen molar-refractivity contribution in [3.8, 4) is 5.88 Å². The van der Waals surface area contributed by atoms with Gasteiger partial charge in [0.25, 0.3) is 5.56 Å². The summed E-state index contributed by atoms with van der Waals surface area (Å²) in [6, 6.07) is 7.95. The molecule has 0 amide bonds. The fourth-order valence-electron chi connectivity index (χ4n) is 3.91. The van der Waals surface area contributed by atoms with Crippen molar-refractivity contribution in [1.29, 1.82) is 0 Å². The average molecular weight is 354 g/mol. The van der Waals surface area contributed by atoms with E-state index in [-0.39, 0.29) is 23.5 Å². The fourth-order valence-corrected chi connectivity index (χ4v) is 4.24. The topological polar surface area (TPSA) is 85.8 Å². The number of rotatable bonds is 2. The van der Waals surface area contributed by atoms with Crippen LogP contribution in [0.3, 0.4) is 0 Å². The third kappa shape index (κ3) is 2.19.